The van der Waals surface area contributed by atoms with Gasteiger partial charge in [-0.05, 0) is 64.7 Å². The number of hydrogen-bond donors (Lipinski definition) is 3. The quantitative estimate of drug-likeness (QED) is 0.743. The van der Waals surface area contributed by atoms with Crippen LogP contribution in [0, 0.1) is 11.3 Å². The van der Waals surface area contributed by atoms with Crippen LogP contribution < -0.4 is 0 Å². The fraction of sp³-hybridized carbons (Fsp3) is 0.700. The van der Waals surface area contributed by atoms with Gasteiger partial charge in [-0.1, -0.05) is 40.7 Å². The average molecular weight is 318 g/mol. The predicted molar refractivity (Wildman–Crippen MR) is 91.8 cm³/mol. The van der Waals surface area contributed by atoms with Crippen LogP contribution in [0.4, 0.5) is 0 Å². The number of phenolic OH excluding ortho intramolecular Hbond substituents is 1. The lowest BCUT2D eigenvalue weighted by atomic mass is 9.49. The van der Waals surface area contributed by atoms with Crippen LogP contribution in [-0.4, -0.2) is 27.5 Å². The SMILES string of the molecule is CC(C)c1cc2c(cc1O)[C@@]1(C)CC(O)C(O)C(C)(C)[C@@H]1CC2. The Morgan fingerprint density at radius 1 is 1.13 bits per heavy atom. The monoisotopic (exact) mass is 318 g/mol. The molecule has 1 aromatic rings. The molecule has 0 saturated heterocycles. The zero-order valence-electron chi connectivity index (χ0n) is 14.9. The van der Waals surface area contributed by atoms with E-state index in [0.717, 1.165) is 24.0 Å². The first-order valence-corrected chi connectivity index (χ1v) is 8.81. The molecule has 0 aliphatic heterocycles. The van der Waals surface area contributed by atoms with Crippen molar-refractivity contribution in [2.45, 2.75) is 77.4 Å². The van der Waals surface area contributed by atoms with Crippen LogP contribution in [0.3, 0.4) is 0 Å². The summed E-state index contributed by atoms with van der Waals surface area (Å²) in [5.41, 5.74) is 2.92. The third-order valence-corrected chi connectivity index (χ3v) is 6.62. The fourth-order valence-corrected chi connectivity index (χ4v) is 5.35. The van der Waals surface area contributed by atoms with Crippen molar-refractivity contribution in [3.05, 3.63) is 28.8 Å². The number of fused-ring (bicyclic) bond motifs is 3. The highest BCUT2D eigenvalue weighted by molar-refractivity contribution is 5.49. The maximum atomic E-state index is 10.5. The molecule has 0 radical (unpaired) electrons. The van der Waals surface area contributed by atoms with Crippen LogP contribution >= 0.6 is 0 Å². The summed E-state index contributed by atoms with van der Waals surface area (Å²) >= 11 is 0. The maximum Gasteiger partial charge on any atom is 0.119 e. The van der Waals surface area contributed by atoms with Crippen LogP contribution in [0.25, 0.3) is 0 Å². The minimum Gasteiger partial charge on any atom is -0.508 e. The van der Waals surface area contributed by atoms with E-state index < -0.39 is 12.2 Å². The molecule has 3 heteroatoms. The highest BCUT2D eigenvalue weighted by atomic mass is 16.3. The number of aliphatic hydroxyl groups excluding tert-OH is 2. The molecule has 3 nitrogen and oxygen atoms in total. The summed E-state index contributed by atoms with van der Waals surface area (Å²) in [4.78, 5) is 0. The molecule has 1 aromatic carbocycles. The van der Waals surface area contributed by atoms with Gasteiger partial charge >= 0.3 is 0 Å². The number of aliphatic hydroxyl groups is 2. The Labute approximate surface area is 139 Å². The number of hydrogen-bond acceptors (Lipinski definition) is 3. The number of aromatic hydroxyl groups is 1. The molecule has 1 fully saturated rings. The normalized spacial score (nSPS) is 35.7. The molecule has 0 heterocycles. The topological polar surface area (TPSA) is 60.7 Å². The van der Waals surface area contributed by atoms with E-state index in [9.17, 15) is 15.3 Å². The van der Waals surface area contributed by atoms with Crippen LogP contribution in [-0.2, 0) is 11.8 Å². The Morgan fingerprint density at radius 2 is 1.78 bits per heavy atom. The van der Waals surface area contributed by atoms with Gasteiger partial charge in [0.25, 0.3) is 0 Å². The van der Waals surface area contributed by atoms with Crippen LogP contribution in [0.1, 0.15) is 70.1 Å². The fourth-order valence-electron chi connectivity index (χ4n) is 5.35. The molecule has 2 unspecified atom stereocenters. The Bertz CT molecular complexity index is 620. The molecule has 2 aliphatic carbocycles. The Kier molecular flexibility index (Phi) is 3.81. The number of phenols is 1. The summed E-state index contributed by atoms with van der Waals surface area (Å²) in [6.07, 6.45) is 1.13. The standard InChI is InChI=1S/C20H30O3/c1-11(2)13-8-12-6-7-17-19(3,4)18(23)16(22)10-20(17,5)14(12)9-15(13)21/h8-9,11,16-18,21-23H,6-7,10H2,1-5H3/t16?,17-,18?,20+/m0/s1. The van der Waals surface area contributed by atoms with Gasteiger partial charge in [0.1, 0.15) is 5.75 Å². The van der Waals surface area contributed by atoms with Crippen molar-refractivity contribution in [3.63, 3.8) is 0 Å². The van der Waals surface area contributed by atoms with Crippen molar-refractivity contribution in [1.82, 2.24) is 0 Å². The molecule has 3 N–H and O–H groups in total. The van der Waals surface area contributed by atoms with Gasteiger partial charge in [-0.2, -0.15) is 0 Å². The van der Waals surface area contributed by atoms with Gasteiger partial charge < -0.3 is 15.3 Å². The summed E-state index contributed by atoms with van der Waals surface area (Å²) in [6.45, 7) is 10.5. The first-order valence-electron chi connectivity index (χ1n) is 8.81. The molecule has 2 aliphatic rings. The summed E-state index contributed by atoms with van der Waals surface area (Å²) in [5.74, 6) is 0.949. The first kappa shape index (κ1) is 16.8. The second-order valence-electron chi connectivity index (χ2n) is 8.77. The molecule has 23 heavy (non-hydrogen) atoms. The van der Waals surface area contributed by atoms with Crippen molar-refractivity contribution < 1.29 is 15.3 Å². The lowest BCUT2D eigenvalue weighted by molar-refractivity contribution is -0.142. The Hall–Kier alpha value is -1.06. The smallest absolute Gasteiger partial charge is 0.119 e. The van der Waals surface area contributed by atoms with E-state index in [1.165, 1.54) is 5.56 Å². The van der Waals surface area contributed by atoms with Gasteiger partial charge in [0.2, 0.25) is 0 Å². The number of aryl methyl sites for hydroxylation is 1. The highest BCUT2D eigenvalue weighted by Crippen LogP contribution is 2.57. The van der Waals surface area contributed by atoms with Crippen molar-refractivity contribution in [2.75, 3.05) is 0 Å². The van der Waals surface area contributed by atoms with Crippen molar-refractivity contribution in [3.8, 4) is 5.75 Å². The van der Waals surface area contributed by atoms with E-state index in [1.54, 1.807) is 0 Å². The van der Waals surface area contributed by atoms with Crippen LogP contribution in [0.5, 0.6) is 5.75 Å². The minimum atomic E-state index is -0.718. The molecule has 0 aromatic heterocycles. The Morgan fingerprint density at radius 3 is 2.39 bits per heavy atom. The molecule has 3 rings (SSSR count). The van der Waals surface area contributed by atoms with E-state index >= 15 is 0 Å². The lowest BCUT2D eigenvalue weighted by Gasteiger charge is -2.57. The third kappa shape index (κ3) is 2.32. The summed E-state index contributed by atoms with van der Waals surface area (Å²) in [5, 5.41) is 31.4. The zero-order chi connectivity index (χ0) is 17.2. The zero-order valence-corrected chi connectivity index (χ0v) is 14.9. The molecule has 0 spiro atoms. The van der Waals surface area contributed by atoms with Gasteiger partial charge in [0.05, 0.1) is 12.2 Å². The van der Waals surface area contributed by atoms with Crippen molar-refractivity contribution in [2.24, 2.45) is 11.3 Å². The second-order valence-corrected chi connectivity index (χ2v) is 8.77. The van der Waals surface area contributed by atoms with Gasteiger partial charge in [0.15, 0.2) is 0 Å². The van der Waals surface area contributed by atoms with Gasteiger partial charge in [-0.3, -0.25) is 0 Å². The second kappa shape index (κ2) is 5.22. The molecule has 0 bridgehead atoms. The lowest BCUT2D eigenvalue weighted by Crippen LogP contribution is -2.59. The van der Waals surface area contributed by atoms with E-state index in [-0.39, 0.29) is 10.8 Å². The van der Waals surface area contributed by atoms with Crippen molar-refractivity contribution in [1.29, 1.82) is 0 Å². The highest BCUT2D eigenvalue weighted by Gasteiger charge is 2.56. The van der Waals surface area contributed by atoms with Crippen LogP contribution in [0.2, 0.25) is 0 Å². The summed E-state index contributed by atoms with van der Waals surface area (Å²) in [7, 11) is 0. The molecule has 1 saturated carbocycles. The predicted octanol–water partition coefficient (Wildman–Crippen LogP) is 3.49. The van der Waals surface area contributed by atoms with Crippen molar-refractivity contribution >= 4 is 0 Å². The van der Waals surface area contributed by atoms with E-state index in [4.69, 9.17) is 0 Å². The van der Waals surface area contributed by atoms with E-state index in [1.807, 2.05) is 6.07 Å². The number of rotatable bonds is 1. The van der Waals surface area contributed by atoms with Gasteiger partial charge in [0, 0.05) is 0 Å². The molecule has 0 amide bonds. The molecular weight excluding hydrogens is 288 g/mol. The van der Waals surface area contributed by atoms with Gasteiger partial charge in [-0.15, -0.1) is 0 Å². The number of benzene rings is 1. The van der Waals surface area contributed by atoms with Crippen LogP contribution in [0.15, 0.2) is 12.1 Å². The van der Waals surface area contributed by atoms with E-state index in [0.29, 0.717) is 24.0 Å². The minimum absolute atomic E-state index is 0.206. The maximum absolute atomic E-state index is 10.5. The van der Waals surface area contributed by atoms with Gasteiger partial charge in [-0.25, -0.2) is 0 Å². The molecule has 4 atom stereocenters. The molecule has 128 valence electrons. The summed E-state index contributed by atoms with van der Waals surface area (Å²) < 4.78 is 0. The molecular formula is C20H30O3. The first-order chi connectivity index (χ1) is 10.6. The largest absolute Gasteiger partial charge is 0.508 e. The third-order valence-electron chi connectivity index (χ3n) is 6.62. The average Bonchev–Trinajstić information content (AvgIpc) is 2.45. The Balaban J connectivity index is 2.14. The summed E-state index contributed by atoms with van der Waals surface area (Å²) in [6, 6.07) is 4.08. The van der Waals surface area contributed by atoms with E-state index in [2.05, 4.69) is 40.7 Å².